The van der Waals surface area contributed by atoms with Crippen molar-refractivity contribution in [3.05, 3.63) is 52.7 Å². The van der Waals surface area contributed by atoms with Crippen molar-refractivity contribution in [1.29, 1.82) is 0 Å². The Morgan fingerprint density at radius 3 is 1.80 bits per heavy atom. The van der Waals surface area contributed by atoms with Gasteiger partial charge in [-0.2, -0.15) is 0 Å². The van der Waals surface area contributed by atoms with Crippen molar-refractivity contribution in [3.8, 4) is 11.3 Å². The number of pyridine rings is 1. The van der Waals surface area contributed by atoms with E-state index in [-0.39, 0.29) is 6.29 Å². The molecule has 0 radical (unpaired) electrons. The second-order valence-electron chi connectivity index (χ2n) is 3.63. The molecule has 0 saturated carbocycles. The molecule has 0 spiro atoms. The van der Waals surface area contributed by atoms with Crippen LogP contribution >= 0.6 is 0 Å². The SMILES string of the molecule is O=Cc1ccnc(-c2c(F)c(F)c(F)c(F)c2F)c1F. The van der Waals surface area contributed by atoms with Crippen LogP contribution in [-0.4, -0.2) is 11.3 Å². The Morgan fingerprint density at radius 2 is 1.30 bits per heavy atom. The first kappa shape index (κ1) is 14.0. The fourth-order valence-corrected chi connectivity index (χ4v) is 1.54. The van der Waals surface area contributed by atoms with Gasteiger partial charge in [-0.3, -0.25) is 9.78 Å². The first-order valence-corrected chi connectivity index (χ1v) is 5.01. The van der Waals surface area contributed by atoms with Gasteiger partial charge >= 0.3 is 0 Å². The monoisotopic (exact) mass is 291 g/mol. The first-order chi connectivity index (χ1) is 9.40. The number of nitrogens with zero attached hydrogens (tertiary/aromatic N) is 1. The van der Waals surface area contributed by atoms with E-state index in [0.717, 1.165) is 12.3 Å². The molecule has 0 saturated heterocycles. The van der Waals surface area contributed by atoms with Crippen LogP contribution in [0.4, 0.5) is 26.3 Å². The zero-order valence-corrected chi connectivity index (χ0v) is 9.36. The lowest BCUT2D eigenvalue weighted by Crippen LogP contribution is -2.07. The summed E-state index contributed by atoms with van der Waals surface area (Å²) in [6.45, 7) is 0. The number of carbonyl (C=O) groups excluding carboxylic acids is 1. The lowest BCUT2D eigenvalue weighted by molar-refractivity contribution is 0.111. The van der Waals surface area contributed by atoms with Gasteiger partial charge in [0.05, 0.1) is 11.1 Å². The van der Waals surface area contributed by atoms with Gasteiger partial charge < -0.3 is 0 Å². The van der Waals surface area contributed by atoms with Crippen LogP contribution in [0, 0.1) is 34.9 Å². The molecular formula is C12H3F6NO. The van der Waals surface area contributed by atoms with Crippen molar-refractivity contribution < 1.29 is 31.1 Å². The number of hydrogen-bond donors (Lipinski definition) is 0. The Kier molecular flexibility index (Phi) is 3.47. The zero-order chi connectivity index (χ0) is 15.0. The Morgan fingerprint density at radius 1 is 0.800 bits per heavy atom. The molecule has 0 aliphatic heterocycles. The van der Waals surface area contributed by atoms with Gasteiger partial charge in [-0.05, 0) is 6.07 Å². The molecule has 0 aliphatic carbocycles. The van der Waals surface area contributed by atoms with E-state index in [1.54, 1.807) is 0 Å². The van der Waals surface area contributed by atoms with E-state index in [1.807, 2.05) is 0 Å². The van der Waals surface area contributed by atoms with E-state index >= 15 is 0 Å². The van der Waals surface area contributed by atoms with E-state index in [9.17, 15) is 31.1 Å². The van der Waals surface area contributed by atoms with Crippen LogP contribution in [0.1, 0.15) is 10.4 Å². The molecule has 0 fully saturated rings. The molecule has 0 N–H and O–H groups in total. The molecule has 2 aromatic rings. The molecule has 2 rings (SSSR count). The van der Waals surface area contributed by atoms with Crippen molar-refractivity contribution in [2.75, 3.05) is 0 Å². The van der Waals surface area contributed by atoms with Gasteiger partial charge in [0.15, 0.2) is 35.4 Å². The van der Waals surface area contributed by atoms with E-state index in [1.165, 1.54) is 0 Å². The summed E-state index contributed by atoms with van der Waals surface area (Å²) in [6.07, 6.45) is 0.826. The molecule has 0 bridgehead atoms. The number of aromatic nitrogens is 1. The van der Waals surface area contributed by atoms with Crippen molar-refractivity contribution in [1.82, 2.24) is 4.98 Å². The highest BCUT2D eigenvalue weighted by molar-refractivity contribution is 5.78. The topological polar surface area (TPSA) is 30.0 Å². The van der Waals surface area contributed by atoms with Gasteiger partial charge in [-0.25, -0.2) is 26.3 Å². The third-order valence-corrected chi connectivity index (χ3v) is 2.49. The third-order valence-electron chi connectivity index (χ3n) is 2.49. The molecule has 1 heterocycles. The van der Waals surface area contributed by atoms with Crippen LogP contribution in [0.3, 0.4) is 0 Å². The highest BCUT2D eigenvalue weighted by atomic mass is 19.2. The normalized spacial score (nSPS) is 10.7. The van der Waals surface area contributed by atoms with Crippen molar-refractivity contribution in [3.63, 3.8) is 0 Å². The molecule has 104 valence electrons. The fraction of sp³-hybridized carbons (Fsp3) is 0. The summed E-state index contributed by atoms with van der Waals surface area (Å²) in [5.74, 6) is -12.7. The lowest BCUT2D eigenvalue weighted by Gasteiger charge is -2.09. The van der Waals surface area contributed by atoms with E-state index in [2.05, 4.69) is 4.98 Å². The van der Waals surface area contributed by atoms with E-state index in [0.29, 0.717) is 0 Å². The van der Waals surface area contributed by atoms with Crippen LogP contribution in [-0.2, 0) is 0 Å². The molecule has 0 atom stereocenters. The number of hydrogen-bond acceptors (Lipinski definition) is 2. The van der Waals surface area contributed by atoms with Crippen LogP contribution in [0.25, 0.3) is 11.3 Å². The standard InChI is InChI=1S/C12H3F6NO/c13-6-4(3-20)1-2-19-12(6)5-7(14)9(16)11(18)10(17)8(5)15/h1-3H. The Hall–Kier alpha value is -2.38. The maximum absolute atomic E-state index is 13.7. The quantitative estimate of drug-likeness (QED) is 0.367. The maximum Gasteiger partial charge on any atom is 0.200 e. The second-order valence-corrected chi connectivity index (χ2v) is 3.63. The van der Waals surface area contributed by atoms with Gasteiger partial charge in [-0.15, -0.1) is 0 Å². The number of aldehydes is 1. The van der Waals surface area contributed by atoms with Gasteiger partial charge in [-0.1, -0.05) is 0 Å². The van der Waals surface area contributed by atoms with Crippen molar-refractivity contribution in [2.24, 2.45) is 0 Å². The summed E-state index contributed by atoms with van der Waals surface area (Å²) < 4.78 is 79.6. The van der Waals surface area contributed by atoms with Gasteiger partial charge in [0, 0.05) is 6.20 Å². The second kappa shape index (κ2) is 4.95. The Labute approximate surface area is 107 Å². The minimum absolute atomic E-state index is 0.0204. The van der Waals surface area contributed by atoms with E-state index < -0.39 is 51.7 Å². The molecule has 0 unspecified atom stereocenters. The fourth-order valence-electron chi connectivity index (χ4n) is 1.54. The summed E-state index contributed by atoms with van der Waals surface area (Å²) >= 11 is 0. The van der Waals surface area contributed by atoms with Crippen molar-refractivity contribution >= 4 is 6.29 Å². The summed E-state index contributed by atoms with van der Waals surface area (Å²) in [4.78, 5) is 13.7. The minimum Gasteiger partial charge on any atom is -0.298 e. The highest BCUT2D eigenvalue weighted by Crippen LogP contribution is 2.32. The molecule has 8 heteroatoms. The highest BCUT2D eigenvalue weighted by Gasteiger charge is 2.29. The smallest absolute Gasteiger partial charge is 0.200 e. The van der Waals surface area contributed by atoms with E-state index in [4.69, 9.17) is 0 Å². The average Bonchev–Trinajstić information content (AvgIpc) is 2.45. The minimum atomic E-state index is -2.37. The average molecular weight is 291 g/mol. The Balaban J connectivity index is 2.87. The molecule has 0 aliphatic rings. The van der Waals surface area contributed by atoms with Crippen LogP contribution < -0.4 is 0 Å². The molecule has 1 aromatic heterocycles. The molecular weight excluding hydrogens is 288 g/mol. The molecule has 0 amide bonds. The first-order valence-electron chi connectivity index (χ1n) is 5.01. The largest absolute Gasteiger partial charge is 0.298 e. The molecule has 20 heavy (non-hydrogen) atoms. The predicted octanol–water partition coefficient (Wildman–Crippen LogP) is 3.40. The number of carbonyl (C=O) groups is 1. The zero-order valence-electron chi connectivity index (χ0n) is 9.36. The Bertz CT molecular complexity index is 687. The number of rotatable bonds is 2. The summed E-state index contributed by atoms with van der Waals surface area (Å²) in [7, 11) is 0. The maximum atomic E-state index is 13.7. The summed E-state index contributed by atoms with van der Waals surface area (Å²) in [5.41, 5.74) is -3.29. The lowest BCUT2D eigenvalue weighted by atomic mass is 10.1. The summed E-state index contributed by atoms with van der Waals surface area (Å²) in [5, 5.41) is 0. The number of benzene rings is 1. The molecule has 2 nitrogen and oxygen atoms in total. The number of halogens is 6. The van der Waals surface area contributed by atoms with Gasteiger partial charge in [0.2, 0.25) is 5.82 Å². The van der Waals surface area contributed by atoms with Gasteiger partial charge in [0.1, 0.15) is 5.69 Å². The van der Waals surface area contributed by atoms with Gasteiger partial charge in [0.25, 0.3) is 0 Å². The van der Waals surface area contributed by atoms with Crippen LogP contribution in [0.5, 0.6) is 0 Å². The summed E-state index contributed by atoms with van der Waals surface area (Å²) in [6, 6.07) is 0.887. The van der Waals surface area contributed by atoms with Crippen LogP contribution in [0.15, 0.2) is 12.3 Å². The molecule has 1 aromatic carbocycles. The predicted molar refractivity (Wildman–Crippen MR) is 54.8 cm³/mol. The van der Waals surface area contributed by atoms with Crippen molar-refractivity contribution in [2.45, 2.75) is 0 Å². The third kappa shape index (κ3) is 1.93. The van der Waals surface area contributed by atoms with Crippen LogP contribution in [0.2, 0.25) is 0 Å².